The fraction of sp³-hybridized carbons (Fsp3) is 0.304. The van der Waals surface area contributed by atoms with Crippen molar-refractivity contribution in [1.82, 2.24) is 9.88 Å². The lowest BCUT2D eigenvalue weighted by atomic mass is 9.89. The minimum Gasteiger partial charge on any atom is -0.323 e. The van der Waals surface area contributed by atoms with Gasteiger partial charge < -0.3 is 11.2 Å². The van der Waals surface area contributed by atoms with Gasteiger partial charge in [-0.2, -0.15) is 5.10 Å². The molecular weight excluding hydrogens is 408 g/mol. The maximum atomic E-state index is 11.3. The Morgan fingerprint density at radius 2 is 2.03 bits per heavy atom. The Balaban J connectivity index is 1.34. The topological polar surface area (TPSA) is 96.0 Å². The Labute approximate surface area is 185 Å². The second-order valence-electron chi connectivity index (χ2n) is 7.69. The molecule has 1 aromatic heterocycles. The molecular formula is C23H26N6OS. The van der Waals surface area contributed by atoms with Crippen molar-refractivity contribution >= 4 is 50.2 Å². The van der Waals surface area contributed by atoms with Crippen LogP contribution in [0.2, 0.25) is 0 Å². The second-order valence-corrected chi connectivity index (χ2v) is 8.72. The number of fused-ring (bicyclic) bond motifs is 1. The summed E-state index contributed by atoms with van der Waals surface area (Å²) in [6.07, 6.45) is 3.92. The molecule has 0 unspecified atom stereocenters. The lowest BCUT2D eigenvalue weighted by Crippen LogP contribution is -2.37. The van der Waals surface area contributed by atoms with E-state index in [9.17, 15) is 4.79 Å². The number of hydrogen-bond donors (Lipinski definition) is 2. The number of para-hydroxylation sites is 1. The lowest BCUT2D eigenvalue weighted by Gasteiger charge is -2.32. The summed E-state index contributed by atoms with van der Waals surface area (Å²) in [7, 11) is 0. The zero-order chi connectivity index (χ0) is 21.6. The SMILES string of the molecule is CC(=O)Nc1nc2ccc(C3CCN(CC(C=Nc4ccccc4)=NN)CC3)cc2s1. The third kappa shape index (κ3) is 5.53. The van der Waals surface area contributed by atoms with Gasteiger partial charge >= 0.3 is 0 Å². The van der Waals surface area contributed by atoms with E-state index in [0.717, 1.165) is 47.5 Å². The summed E-state index contributed by atoms with van der Waals surface area (Å²) in [5.74, 6) is 6.02. The molecule has 0 spiro atoms. The Bertz CT molecular complexity index is 1100. The first-order valence-electron chi connectivity index (χ1n) is 10.4. The van der Waals surface area contributed by atoms with E-state index in [1.165, 1.54) is 23.8 Å². The highest BCUT2D eigenvalue weighted by Crippen LogP contribution is 2.33. The van der Waals surface area contributed by atoms with Gasteiger partial charge in [0.1, 0.15) is 0 Å². The number of thiazole rings is 1. The van der Waals surface area contributed by atoms with Crippen molar-refractivity contribution in [3.63, 3.8) is 0 Å². The number of rotatable bonds is 6. The molecule has 0 bridgehead atoms. The molecule has 160 valence electrons. The Kier molecular flexibility index (Phi) is 6.69. The van der Waals surface area contributed by atoms with E-state index in [-0.39, 0.29) is 5.91 Å². The monoisotopic (exact) mass is 434 g/mol. The van der Waals surface area contributed by atoms with E-state index in [0.29, 0.717) is 17.6 Å². The molecule has 31 heavy (non-hydrogen) atoms. The summed E-state index contributed by atoms with van der Waals surface area (Å²) >= 11 is 1.52. The second kappa shape index (κ2) is 9.80. The van der Waals surface area contributed by atoms with Gasteiger partial charge in [0.2, 0.25) is 5.91 Å². The van der Waals surface area contributed by atoms with Crippen molar-refractivity contribution < 1.29 is 4.79 Å². The quantitative estimate of drug-likeness (QED) is 0.346. The third-order valence-electron chi connectivity index (χ3n) is 5.42. The number of hydrogen-bond acceptors (Lipinski definition) is 7. The maximum Gasteiger partial charge on any atom is 0.223 e. The minimum absolute atomic E-state index is 0.0964. The minimum atomic E-state index is -0.0964. The third-order valence-corrected chi connectivity index (χ3v) is 6.36. The first-order valence-corrected chi connectivity index (χ1v) is 11.2. The molecule has 3 aromatic rings. The van der Waals surface area contributed by atoms with E-state index in [1.807, 2.05) is 30.3 Å². The van der Waals surface area contributed by atoms with Crippen LogP contribution in [0.4, 0.5) is 10.8 Å². The van der Waals surface area contributed by atoms with Crippen molar-refractivity contribution in [3.05, 3.63) is 54.1 Å². The lowest BCUT2D eigenvalue weighted by molar-refractivity contribution is -0.114. The van der Waals surface area contributed by atoms with E-state index in [1.54, 1.807) is 6.21 Å². The number of nitrogens with two attached hydrogens (primary N) is 1. The molecule has 2 heterocycles. The van der Waals surface area contributed by atoms with Crippen LogP contribution in [0.1, 0.15) is 31.2 Å². The van der Waals surface area contributed by atoms with Crippen molar-refractivity contribution in [1.29, 1.82) is 0 Å². The van der Waals surface area contributed by atoms with Crippen LogP contribution in [-0.2, 0) is 4.79 Å². The van der Waals surface area contributed by atoms with Crippen LogP contribution in [0.5, 0.6) is 0 Å². The molecule has 1 aliphatic heterocycles. The first kappa shape index (κ1) is 21.1. The summed E-state index contributed by atoms with van der Waals surface area (Å²) in [4.78, 5) is 22.6. The molecule has 8 heteroatoms. The highest BCUT2D eigenvalue weighted by atomic mass is 32.1. The van der Waals surface area contributed by atoms with Crippen molar-refractivity contribution in [3.8, 4) is 0 Å². The summed E-state index contributed by atoms with van der Waals surface area (Å²) in [6.45, 7) is 4.18. The molecule has 1 aliphatic rings. The molecule has 1 amide bonds. The van der Waals surface area contributed by atoms with Gasteiger partial charge in [-0.3, -0.25) is 14.7 Å². The van der Waals surface area contributed by atoms with Crippen LogP contribution in [0.3, 0.4) is 0 Å². The normalized spacial score (nSPS) is 16.2. The van der Waals surface area contributed by atoms with Gasteiger partial charge in [0.05, 0.1) is 27.8 Å². The van der Waals surface area contributed by atoms with E-state index < -0.39 is 0 Å². The molecule has 0 radical (unpaired) electrons. The Morgan fingerprint density at radius 1 is 1.26 bits per heavy atom. The van der Waals surface area contributed by atoms with Gasteiger partial charge in [-0.1, -0.05) is 35.6 Å². The highest BCUT2D eigenvalue weighted by Gasteiger charge is 2.22. The number of anilines is 1. The van der Waals surface area contributed by atoms with Crippen molar-refractivity contribution in [2.24, 2.45) is 15.9 Å². The fourth-order valence-electron chi connectivity index (χ4n) is 3.83. The number of amides is 1. The molecule has 7 nitrogen and oxygen atoms in total. The van der Waals surface area contributed by atoms with Crippen molar-refractivity contribution in [2.75, 3.05) is 25.0 Å². The number of benzene rings is 2. The van der Waals surface area contributed by atoms with Gasteiger partial charge in [0.25, 0.3) is 0 Å². The molecule has 0 aliphatic carbocycles. The van der Waals surface area contributed by atoms with Crippen LogP contribution in [0, 0.1) is 0 Å². The molecule has 3 N–H and O–H groups in total. The van der Waals surface area contributed by atoms with E-state index in [4.69, 9.17) is 5.84 Å². The van der Waals surface area contributed by atoms with Crippen molar-refractivity contribution in [2.45, 2.75) is 25.7 Å². The zero-order valence-electron chi connectivity index (χ0n) is 17.5. The molecule has 0 atom stereocenters. The predicted octanol–water partition coefficient (Wildman–Crippen LogP) is 4.15. The number of nitrogens with zero attached hydrogens (tertiary/aromatic N) is 4. The number of aromatic nitrogens is 1. The molecule has 0 saturated carbocycles. The number of carbonyl (C=O) groups is 1. The number of piperidine rings is 1. The Morgan fingerprint density at radius 3 is 2.74 bits per heavy atom. The molecule has 4 rings (SSSR count). The summed E-state index contributed by atoms with van der Waals surface area (Å²) in [6, 6.07) is 16.2. The van der Waals surface area contributed by atoms with E-state index >= 15 is 0 Å². The maximum absolute atomic E-state index is 11.3. The first-order chi connectivity index (χ1) is 15.1. The van der Waals surface area contributed by atoms with Gasteiger partial charge in [-0.15, -0.1) is 0 Å². The average molecular weight is 435 g/mol. The number of likely N-dealkylation sites (tertiary alicyclic amines) is 1. The van der Waals surface area contributed by atoms with Crippen LogP contribution in [-0.4, -0.2) is 47.4 Å². The molecule has 1 saturated heterocycles. The smallest absolute Gasteiger partial charge is 0.223 e. The average Bonchev–Trinajstić information content (AvgIpc) is 3.18. The summed E-state index contributed by atoms with van der Waals surface area (Å²) in [5.41, 5.74) is 3.93. The number of hydrazone groups is 1. The molecule has 1 fully saturated rings. The van der Waals surface area contributed by atoms with Crippen LogP contribution >= 0.6 is 11.3 Å². The van der Waals surface area contributed by atoms with Crippen LogP contribution in [0.25, 0.3) is 10.2 Å². The van der Waals surface area contributed by atoms with Gasteiger partial charge in [0.15, 0.2) is 5.13 Å². The number of carbonyl (C=O) groups excluding carboxylic acids is 1. The van der Waals surface area contributed by atoms with Gasteiger partial charge in [0, 0.05) is 13.5 Å². The van der Waals surface area contributed by atoms with Gasteiger partial charge in [-0.25, -0.2) is 4.98 Å². The predicted molar refractivity (Wildman–Crippen MR) is 129 cm³/mol. The number of aliphatic imine (C=N–C) groups is 1. The van der Waals surface area contributed by atoms with Crippen LogP contribution < -0.4 is 11.2 Å². The fourth-order valence-corrected chi connectivity index (χ4v) is 4.79. The molecule has 2 aromatic carbocycles. The number of nitrogens with one attached hydrogen (secondary N) is 1. The summed E-state index contributed by atoms with van der Waals surface area (Å²) in [5, 5.41) is 7.35. The van der Waals surface area contributed by atoms with E-state index in [2.05, 4.69) is 43.5 Å². The zero-order valence-corrected chi connectivity index (χ0v) is 18.3. The highest BCUT2D eigenvalue weighted by molar-refractivity contribution is 7.22. The van der Waals surface area contributed by atoms with Crippen LogP contribution in [0.15, 0.2) is 58.6 Å². The van der Waals surface area contributed by atoms with Gasteiger partial charge in [-0.05, 0) is 61.7 Å². The standard InChI is InChI=1S/C23H26N6OS/c1-16(30)26-23-27-21-8-7-18(13-22(21)31-23)17-9-11-29(12-10-17)15-20(28-24)14-25-19-5-3-2-4-6-19/h2-8,13-14,17H,9-12,15,24H2,1H3,(H,26,27,30). The Hall–Kier alpha value is -3.10. The summed E-state index contributed by atoms with van der Waals surface area (Å²) < 4.78 is 1.11. The largest absolute Gasteiger partial charge is 0.323 e.